The Labute approximate surface area is 132 Å². The highest BCUT2D eigenvalue weighted by atomic mass is 35.5. The standard InChI is InChI=1S/C17H25ClN2O/c1-2-8-19-17(13-5-3-6-14(18)10-13)16-11-20-9-4-7-15(20)12-21-16/h3,5-6,10,15-17,19H,2,4,7-9,11-12H2,1H3. The fourth-order valence-electron chi connectivity index (χ4n) is 3.51. The highest BCUT2D eigenvalue weighted by molar-refractivity contribution is 6.30. The van der Waals surface area contributed by atoms with Crippen molar-refractivity contribution in [2.45, 2.75) is 44.4 Å². The minimum absolute atomic E-state index is 0.212. The smallest absolute Gasteiger partial charge is 0.0897 e. The van der Waals surface area contributed by atoms with E-state index in [0.29, 0.717) is 6.04 Å². The summed E-state index contributed by atoms with van der Waals surface area (Å²) in [6.07, 6.45) is 3.93. The van der Waals surface area contributed by atoms with Crippen molar-refractivity contribution in [2.24, 2.45) is 0 Å². The Morgan fingerprint density at radius 2 is 2.38 bits per heavy atom. The zero-order chi connectivity index (χ0) is 14.7. The molecule has 116 valence electrons. The third-order valence-electron chi connectivity index (χ3n) is 4.61. The molecule has 0 spiro atoms. The minimum atomic E-state index is 0.212. The van der Waals surface area contributed by atoms with E-state index in [1.54, 1.807) is 0 Å². The second kappa shape index (κ2) is 7.10. The van der Waals surface area contributed by atoms with E-state index in [1.807, 2.05) is 12.1 Å². The molecule has 1 aromatic carbocycles. The molecule has 1 aromatic rings. The first kappa shape index (κ1) is 15.3. The molecule has 2 heterocycles. The SMILES string of the molecule is CCCNC(c1cccc(Cl)c1)C1CN2CCCC2CO1. The second-order valence-electron chi connectivity index (χ2n) is 6.15. The van der Waals surface area contributed by atoms with Crippen LogP contribution < -0.4 is 5.32 Å². The summed E-state index contributed by atoms with van der Waals surface area (Å²) >= 11 is 6.17. The Morgan fingerprint density at radius 1 is 1.48 bits per heavy atom. The van der Waals surface area contributed by atoms with E-state index in [1.165, 1.54) is 24.9 Å². The van der Waals surface area contributed by atoms with Crippen LogP contribution in [0.4, 0.5) is 0 Å². The zero-order valence-corrected chi connectivity index (χ0v) is 13.5. The number of nitrogens with zero attached hydrogens (tertiary/aromatic N) is 1. The normalized spacial score (nSPS) is 27.5. The number of morpholine rings is 1. The number of hydrogen-bond acceptors (Lipinski definition) is 3. The Hall–Kier alpha value is -0.610. The first-order valence-corrected chi connectivity index (χ1v) is 8.50. The molecule has 3 unspecified atom stereocenters. The van der Waals surface area contributed by atoms with Gasteiger partial charge in [-0.05, 0) is 50.0 Å². The minimum Gasteiger partial charge on any atom is -0.373 e. The van der Waals surface area contributed by atoms with Crippen molar-refractivity contribution in [3.63, 3.8) is 0 Å². The molecule has 0 bridgehead atoms. The number of ether oxygens (including phenoxy) is 1. The van der Waals surface area contributed by atoms with E-state index >= 15 is 0 Å². The van der Waals surface area contributed by atoms with E-state index in [0.717, 1.165) is 31.1 Å². The van der Waals surface area contributed by atoms with Gasteiger partial charge in [0, 0.05) is 17.6 Å². The van der Waals surface area contributed by atoms with Gasteiger partial charge in [0.1, 0.15) is 0 Å². The average molecular weight is 309 g/mol. The van der Waals surface area contributed by atoms with Crippen LogP contribution in [0, 0.1) is 0 Å². The summed E-state index contributed by atoms with van der Waals surface area (Å²) < 4.78 is 6.20. The van der Waals surface area contributed by atoms with Gasteiger partial charge in [0.05, 0.1) is 18.8 Å². The van der Waals surface area contributed by atoms with E-state index in [-0.39, 0.29) is 12.1 Å². The fraction of sp³-hybridized carbons (Fsp3) is 0.647. The van der Waals surface area contributed by atoms with Crippen LogP contribution in [0.1, 0.15) is 37.8 Å². The van der Waals surface area contributed by atoms with Crippen LogP contribution in [0.2, 0.25) is 5.02 Å². The van der Waals surface area contributed by atoms with Gasteiger partial charge in [0.25, 0.3) is 0 Å². The maximum atomic E-state index is 6.20. The largest absolute Gasteiger partial charge is 0.373 e. The van der Waals surface area contributed by atoms with Crippen molar-refractivity contribution >= 4 is 11.6 Å². The summed E-state index contributed by atoms with van der Waals surface area (Å²) in [4.78, 5) is 2.60. The molecule has 21 heavy (non-hydrogen) atoms. The van der Waals surface area contributed by atoms with E-state index < -0.39 is 0 Å². The average Bonchev–Trinajstić information content (AvgIpc) is 2.95. The van der Waals surface area contributed by atoms with Crippen molar-refractivity contribution in [1.29, 1.82) is 0 Å². The summed E-state index contributed by atoms with van der Waals surface area (Å²) in [5.74, 6) is 0. The predicted octanol–water partition coefficient (Wildman–Crippen LogP) is 3.24. The van der Waals surface area contributed by atoms with Crippen LogP contribution in [-0.2, 0) is 4.74 Å². The lowest BCUT2D eigenvalue weighted by molar-refractivity contribution is -0.0652. The van der Waals surface area contributed by atoms with Gasteiger partial charge < -0.3 is 10.1 Å². The molecule has 3 rings (SSSR count). The van der Waals surface area contributed by atoms with Crippen LogP contribution >= 0.6 is 11.6 Å². The van der Waals surface area contributed by atoms with Gasteiger partial charge in [-0.2, -0.15) is 0 Å². The lowest BCUT2D eigenvalue weighted by Crippen LogP contribution is -2.50. The fourth-order valence-corrected chi connectivity index (χ4v) is 3.71. The zero-order valence-electron chi connectivity index (χ0n) is 12.7. The van der Waals surface area contributed by atoms with E-state index in [4.69, 9.17) is 16.3 Å². The summed E-state index contributed by atoms with van der Waals surface area (Å²) in [7, 11) is 0. The van der Waals surface area contributed by atoms with Gasteiger partial charge in [0.15, 0.2) is 0 Å². The van der Waals surface area contributed by atoms with Crippen molar-refractivity contribution in [1.82, 2.24) is 10.2 Å². The molecule has 3 nitrogen and oxygen atoms in total. The lowest BCUT2D eigenvalue weighted by Gasteiger charge is -2.39. The number of halogens is 1. The highest BCUT2D eigenvalue weighted by Gasteiger charge is 2.36. The first-order chi connectivity index (χ1) is 10.3. The number of benzene rings is 1. The van der Waals surface area contributed by atoms with Crippen molar-refractivity contribution in [3.05, 3.63) is 34.9 Å². The van der Waals surface area contributed by atoms with Crippen LogP contribution in [0.25, 0.3) is 0 Å². The quantitative estimate of drug-likeness (QED) is 0.904. The highest BCUT2D eigenvalue weighted by Crippen LogP contribution is 2.29. The van der Waals surface area contributed by atoms with Crippen molar-refractivity contribution < 1.29 is 4.74 Å². The molecule has 2 aliphatic heterocycles. The monoisotopic (exact) mass is 308 g/mol. The number of hydrogen-bond donors (Lipinski definition) is 1. The summed E-state index contributed by atoms with van der Waals surface area (Å²) in [5, 5.41) is 4.45. The Balaban J connectivity index is 1.75. The molecule has 0 radical (unpaired) electrons. The molecule has 0 aliphatic carbocycles. The Bertz CT molecular complexity index is 468. The van der Waals surface area contributed by atoms with Gasteiger partial charge in [-0.15, -0.1) is 0 Å². The number of rotatable bonds is 5. The van der Waals surface area contributed by atoms with Crippen molar-refractivity contribution in [3.8, 4) is 0 Å². The lowest BCUT2D eigenvalue weighted by atomic mass is 9.99. The van der Waals surface area contributed by atoms with Gasteiger partial charge in [-0.1, -0.05) is 30.7 Å². The molecule has 2 fully saturated rings. The van der Waals surface area contributed by atoms with Crippen LogP contribution in [0.5, 0.6) is 0 Å². The molecule has 4 heteroatoms. The second-order valence-corrected chi connectivity index (χ2v) is 6.59. The molecule has 1 N–H and O–H groups in total. The maximum Gasteiger partial charge on any atom is 0.0897 e. The third-order valence-corrected chi connectivity index (χ3v) is 4.85. The van der Waals surface area contributed by atoms with Gasteiger partial charge in [-0.25, -0.2) is 0 Å². The van der Waals surface area contributed by atoms with E-state index in [9.17, 15) is 0 Å². The molecule has 3 atom stereocenters. The molecular weight excluding hydrogens is 284 g/mol. The van der Waals surface area contributed by atoms with E-state index in [2.05, 4.69) is 29.3 Å². The Kier molecular flexibility index (Phi) is 5.17. The Morgan fingerprint density at radius 3 is 3.19 bits per heavy atom. The molecular formula is C17H25ClN2O. The van der Waals surface area contributed by atoms with Gasteiger partial charge >= 0.3 is 0 Å². The topological polar surface area (TPSA) is 24.5 Å². The molecule has 0 saturated carbocycles. The summed E-state index contributed by atoms with van der Waals surface area (Å²) in [5.41, 5.74) is 1.23. The van der Waals surface area contributed by atoms with Gasteiger partial charge in [0.2, 0.25) is 0 Å². The predicted molar refractivity (Wildman–Crippen MR) is 86.8 cm³/mol. The molecule has 0 aromatic heterocycles. The maximum absolute atomic E-state index is 6.20. The number of nitrogens with one attached hydrogen (secondary N) is 1. The van der Waals surface area contributed by atoms with Crippen LogP contribution in [-0.4, -0.2) is 43.3 Å². The molecule has 2 aliphatic rings. The third kappa shape index (κ3) is 3.59. The van der Waals surface area contributed by atoms with Crippen LogP contribution in [0.3, 0.4) is 0 Å². The molecule has 2 saturated heterocycles. The first-order valence-electron chi connectivity index (χ1n) is 8.12. The summed E-state index contributed by atoms with van der Waals surface area (Å²) in [6.45, 7) is 6.31. The van der Waals surface area contributed by atoms with Crippen LogP contribution in [0.15, 0.2) is 24.3 Å². The van der Waals surface area contributed by atoms with Gasteiger partial charge in [-0.3, -0.25) is 4.90 Å². The number of fused-ring (bicyclic) bond motifs is 1. The van der Waals surface area contributed by atoms with Crippen molar-refractivity contribution in [2.75, 3.05) is 26.2 Å². The summed E-state index contributed by atoms with van der Waals surface area (Å²) in [6, 6.07) is 9.05. The molecule has 0 amide bonds.